The van der Waals surface area contributed by atoms with Crippen molar-refractivity contribution in [3.05, 3.63) is 48.5 Å². The topological polar surface area (TPSA) is 77.6 Å². The van der Waals surface area contributed by atoms with E-state index in [1.807, 2.05) is 53.4 Å². The third kappa shape index (κ3) is 6.86. The number of anilines is 3. The SMILES string of the molecule is COc1ccc(N2CCN(C(=O)CN(C)CC(=O)Nc3ccc(N4CCOCC4)cc3)CC2)cc1. The van der Waals surface area contributed by atoms with Crippen molar-refractivity contribution in [2.24, 2.45) is 0 Å². The summed E-state index contributed by atoms with van der Waals surface area (Å²) in [6.45, 7) is 6.49. The second-order valence-corrected chi connectivity index (χ2v) is 8.93. The van der Waals surface area contributed by atoms with Gasteiger partial charge in [0.25, 0.3) is 0 Å². The average molecular weight is 482 g/mol. The highest BCUT2D eigenvalue weighted by atomic mass is 16.5. The van der Waals surface area contributed by atoms with Crippen LogP contribution in [0.2, 0.25) is 0 Å². The Balaban J connectivity index is 1.18. The number of hydrogen-bond donors (Lipinski definition) is 1. The molecule has 0 saturated carbocycles. The molecule has 2 saturated heterocycles. The zero-order valence-corrected chi connectivity index (χ0v) is 20.6. The Labute approximate surface area is 207 Å². The number of carbonyl (C=O) groups is 2. The average Bonchev–Trinajstić information content (AvgIpc) is 2.89. The van der Waals surface area contributed by atoms with Crippen molar-refractivity contribution in [1.29, 1.82) is 0 Å². The van der Waals surface area contributed by atoms with Crippen molar-refractivity contribution >= 4 is 28.9 Å². The highest BCUT2D eigenvalue weighted by Crippen LogP contribution is 2.21. The Morgan fingerprint density at radius 2 is 1.43 bits per heavy atom. The molecule has 2 aromatic carbocycles. The minimum Gasteiger partial charge on any atom is -0.497 e. The first-order valence-corrected chi connectivity index (χ1v) is 12.1. The Morgan fingerprint density at radius 1 is 0.857 bits per heavy atom. The quantitative estimate of drug-likeness (QED) is 0.616. The van der Waals surface area contributed by atoms with Crippen LogP contribution in [0.3, 0.4) is 0 Å². The summed E-state index contributed by atoms with van der Waals surface area (Å²) in [6, 6.07) is 15.8. The van der Waals surface area contributed by atoms with E-state index in [2.05, 4.69) is 15.1 Å². The van der Waals surface area contributed by atoms with Crippen LogP contribution in [0.15, 0.2) is 48.5 Å². The Hall–Kier alpha value is -3.30. The molecule has 4 rings (SSSR count). The van der Waals surface area contributed by atoms with Gasteiger partial charge in [0.1, 0.15) is 5.75 Å². The molecule has 0 bridgehead atoms. The summed E-state index contributed by atoms with van der Waals surface area (Å²) in [7, 11) is 3.45. The maximum Gasteiger partial charge on any atom is 0.238 e. The molecular weight excluding hydrogens is 446 g/mol. The Morgan fingerprint density at radius 3 is 2.03 bits per heavy atom. The van der Waals surface area contributed by atoms with E-state index in [-0.39, 0.29) is 24.9 Å². The fourth-order valence-corrected chi connectivity index (χ4v) is 4.42. The summed E-state index contributed by atoms with van der Waals surface area (Å²) < 4.78 is 10.6. The van der Waals surface area contributed by atoms with Gasteiger partial charge in [0.05, 0.1) is 33.4 Å². The number of nitrogens with zero attached hydrogens (tertiary/aromatic N) is 4. The molecule has 1 N–H and O–H groups in total. The first kappa shape index (κ1) is 24.8. The van der Waals surface area contributed by atoms with Gasteiger partial charge >= 0.3 is 0 Å². The molecular formula is C26H35N5O4. The monoisotopic (exact) mass is 481 g/mol. The van der Waals surface area contributed by atoms with Gasteiger partial charge in [-0.05, 0) is 55.6 Å². The fraction of sp³-hybridized carbons (Fsp3) is 0.462. The molecule has 9 heteroatoms. The minimum absolute atomic E-state index is 0.0459. The molecule has 2 aliphatic rings. The smallest absolute Gasteiger partial charge is 0.238 e. The lowest BCUT2D eigenvalue weighted by molar-refractivity contribution is -0.132. The maximum atomic E-state index is 12.8. The zero-order chi connectivity index (χ0) is 24.6. The van der Waals surface area contributed by atoms with E-state index < -0.39 is 0 Å². The van der Waals surface area contributed by atoms with Crippen molar-refractivity contribution in [2.75, 3.05) is 94.8 Å². The van der Waals surface area contributed by atoms with Crippen molar-refractivity contribution in [3.63, 3.8) is 0 Å². The standard InChI is InChI=1S/C26H35N5O4/c1-28(19-25(32)27-21-3-5-22(6-4-21)30-15-17-35-18-16-30)20-26(33)31-13-11-29(12-14-31)23-7-9-24(34-2)10-8-23/h3-10H,11-20H2,1-2H3,(H,27,32). The van der Waals surface area contributed by atoms with Crippen LogP contribution >= 0.6 is 0 Å². The lowest BCUT2D eigenvalue weighted by atomic mass is 10.2. The highest BCUT2D eigenvalue weighted by Gasteiger charge is 2.23. The summed E-state index contributed by atoms with van der Waals surface area (Å²) in [5.74, 6) is 0.743. The van der Waals surface area contributed by atoms with Gasteiger partial charge in [-0.2, -0.15) is 0 Å². The third-order valence-corrected chi connectivity index (χ3v) is 6.42. The molecule has 2 aliphatic heterocycles. The second-order valence-electron chi connectivity index (χ2n) is 8.93. The van der Waals surface area contributed by atoms with Gasteiger partial charge in [0, 0.05) is 56.3 Å². The molecule has 0 spiro atoms. The van der Waals surface area contributed by atoms with Crippen molar-refractivity contribution in [3.8, 4) is 5.75 Å². The first-order valence-electron chi connectivity index (χ1n) is 12.1. The van der Waals surface area contributed by atoms with E-state index in [0.717, 1.165) is 62.2 Å². The molecule has 9 nitrogen and oxygen atoms in total. The molecule has 188 valence electrons. The number of likely N-dealkylation sites (N-methyl/N-ethyl adjacent to an activating group) is 1. The van der Waals surface area contributed by atoms with Gasteiger partial charge < -0.3 is 29.5 Å². The molecule has 35 heavy (non-hydrogen) atoms. The van der Waals surface area contributed by atoms with Gasteiger partial charge in [-0.1, -0.05) is 0 Å². The fourth-order valence-electron chi connectivity index (χ4n) is 4.42. The number of nitrogens with one attached hydrogen (secondary N) is 1. The molecule has 0 unspecified atom stereocenters. The predicted octanol–water partition coefficient (Wildman–Crippen LogP) is 1.75. The molecule has 2 aromatic rings. The van der Waals surface area contributed by atoms with E-state index in [1.54, 1.807) is 19.1 Å². The van der Waals surface area contributed by atoms with E-state index in [0.29, 0.717) is 13.1 Å². The zero-order valence-electron chi connectivity index (χ0n) is 20.6. The number of benzene rings is 2. The summed E-state index contributed by atoms with van der Waals surface area (Å²) in [6.07, 6.45) is 0. The molecule has 0 aliphatic carbocycles. The Kier molecular flexibility index (Phi) is 8.44. The van der Waals surface area contributed by atoms with Crippen LogP contribution in [0.1, 0.15) is 0 Å². The third-order valence-electron chi connectivity index (χ3n) is 6.42. The summed E-state index contributed by atoms with van der Waals surface area (Å²) in [5.41, 5.74) is 3.01. The summed E-state index contributed by atoms with van der Waals surface area (Å²) in [4.78, 5) is 33.4. The molecule has 0 aromatic heterocycles. The summed E-state index contributed by atoms with van der Waals surface area (Å²) >= 11 is 0. The molecule has 2 amide bonds. The van der Waals surface area contributed by atoms with Crippen molar-refractivity contribution in [1.82, 2.24) is 9.80 Å². The normalized spacial score (nSPS) is 16.4. The number of piperazine rings is 1. The number of ether oxygens (including phenoxy) is 2. The Bertz CT molecular complexity index is 968. The highest BCUT2D eigenvalue weighted by molar-refractivity contribution is 5.92. The van der Waals surface area contributed by atoms with Gasteiger partial charge in [0.15, 0.2) is 0 Å². The number of amides is 2. The lowest BCUT2D eigenvalue weighted by Gasteiger charge is -2.36. The van der Waals surface area contributed by atoms with Gasteiger partial charge in [0.2, 0.25) is 11.8 Å². The maximum absolute atomic E-state index is 12.8. The van der Waals surface area contributed by atoms with E-state index in [4.69, 9.17) is 9.47 Å². The van der Waals surface area contributed by atoms with Crippen molar-refractivity contribution in [2.45, 2.75) is 0 Å². The number of carbonyl (C=O) groups excluding carboxylic acids is 2. The van der Waals surface area contributed by atoms with Crippen molar-refractivity contribution < 1.29 is 19.1 Å². The van der Waals surface area contributed by atoms with Crippen LogP contribution in [0.5, 0.6) is 5.75 Å². The van der Waals surface area contributed by atoms with Crippen LogP contribution in [0, 0.1) is 0 Å². The molecule has 0 radical (unpaired) electrons. The van der Waals surface area contributed by atoms with E-state index >= 15 is 0 Å². The molecule has 2 fully saturated rings. The number of hydrogen-bond acceptors (Lipinski definition) is 7. The predicted molar refractivity (Wildman–Crippen MR) is 137 cm³/mol. The summed E-state index contributed by atoms with van der Waals surface area (Å²) in [5, 5.41) is 2.92. The number of rotatable bonds is 8. The van der Waals surface area contributed by atoms with Crippen LogP contribution in [0.25, 0.3) is 0 Å². The van der Waals surface area contributed by atoms with Gasteiger partial charge in [-0.15, -0.1) is 0 Å². The van der Waals surface area contributed by atoms with Crippen LogP contribution < -0.4 is 19.9 Å². The number of methoxy groups -OCH3 is 1. The second kappa shape index (κ2) is 11.9. The molecule has 0 atom stereocenters. The van der Waals surface area contributed by atoms with Crippen LogP contribution in [-0.2, 0) is 14.3 Å². The lowest BCUT2D eigenvalue weighted by Crippen LogP contribution is -2.51. The van der Waals surface area contributed by atoms with Gasteiger partial charge in [-0.25, -0.2) is 0 Å². The van der Waals surface area contributed by atoms with Gasteiger partial charge in [-0.3, -0.25) is 14.5 Å². The van der Waals surface area contributed by atoms with E-state index in [1.165, 1.54) is 0 Å². The number of morpholine rings is 1. The first-order chi connectivity index (χ1) is 17.0. The van der Waals surface area contributed by atoms with E-state index in [9.17, 15) is 9.59 Å². The largest absolute Gasteiger partial charge is 0.497 e. The van der Waals surface area contributed by atoms with Crippen LogP contribution in [0.4, 0.5) is 17.1 Å². The van der Waals surface area contributed by atoms with Crippen LogP contribution in [-0.4, -0.2) is 101 Å². The minimum atomic E-state index is -0.135. The molecule has 2 heterocycles.